The van der Waals surface area contributed by atoms with Gasteiger partial charge in [0, 0.05) is 6.61 Å². The normalized spacial score (nSPS) is 21.6. The van der Waals surface area contributed by atoms with Crippen molar-refractivity contribution in [2.24, 2.45) is 5.92 Å². The van der Waals surface area contributed by atoms with Crippen LogP contribution in [0.5, 0.6) is 0 Å². The SMILES string of the molecule is CCc1ccc(NC(=O)[C@@H]2CCCO[C@H]2CC)c(C#N)c1. The van der Waals surface area contributed by atoms with E-state index in [1.54, 1.807) is 0 Å². The van der Waals surface area contributed by atoms with E-state index in [2.05, 4.69) is 11.4 Å². The molecule has 4 nitrogen and oxygen atoms in total. The van der Waals surface area contributed by atoms with Crippen LogP contribution in [-0.2, 0) is 16.0 Å². The number of hydrogen-bond donors (Lipinski definition) is 1. The van der Waals surface area contributed by atoms with Crippen molar-refractivity contribution in [1.82, 2.24) is 0 Å². The average molecular weight is 286 g/mol. The maximum Gasteiger partial charge on any atom is 0.230 e. The molecule has 21 heavy (non-hydrogen) atoms. The first-order chi connectivity index (χ1) is 10.2. The zero-order valence-electron chi connectivity index (χ0n) is 12.7. The molecule has 0 bridgehead atoms. The van der Waals surface area contributed by atoms with Crippen molar-refractivity contribution in [3.8, 4) is 6.07 Å². The third-order valence-electron chi connectivity index (χ3n) is 4.05. The number of aryl methyl sites for hydroxylation is 1. The highest BCUT2D eigenvalue weighted by Gasteiger charge is 2.30. The molecule has 0 unspecified atom stereocenters. The topological polar surface area (TPSA) is 62.1 Å². The highest BCUT2D eigenvalue weighted by Crippen LogP contribution is 2.26. The lowest BCUT2D eigenvalue weighted by molar-refractivity contribution is -0.129. The first kappa shape index (κ1) is 15.5. The molecule has 1 saturated heterocycles. The van der Waals surface area contributed by atoms with Crippen molar-refractivity contribution in [3.63, 3.8) is 0 Å². The molecule has 0 radical (unpaired) electrons. The van der Waals surface area contributed by atoms with Gasteiger partial charge in [-0.1, -0.05) is 19.9 Å². The lowest BCUT2D eigenvalue weighted by Gasteiger charge is -2.30. The van der Waals surface area contributed by atoms with Crippen molar-refractivity contribution < 1.29 is 9.53 Å². The summed E-state index contributed by atoms with van der Waals surface area (Å²) in [6.45, 7) is 4.81. The molecule has 1 aromatic rings. The molecule has 1 aromatic carbocycles. The first-order valence-electron chi connectivity index (χ1n) is 7.65. The summed E-state index contributed by atoms with van der Waals surface area (Å²) in [5.74, 6) is -0.163. The number of nitrogens with one attached hydrogen (secondary N) is 1. The van der Waals surface area contributed by atoms with Gasteiger partial charge in [-0.3, -0.25) is 4.79 Å². The number of nitrogens with zero attached hydrogens (tertiary/aromatic N) is 1. The maximum absolute atomic E-state index is 12.5. The monoisotopic (exact) mass is 286 g/mol. The second-order valence-electron chi connectivity index (χ2n) is 5.40. The number of nitriles is 1. The van der Waals surface area contributed by atoms with E-state index in [9.17, 15) is 10.1 Å². The Morgan fingerprint density at radius 1 is 1.48 bits per heavy atom. The minimum absolute atomic E-state index is 0.0146. The number of carbonyl (C=O) groups excluding carboxylic acids is 1. The summed E-state index contributed by atoms with van der Waals surface area (Å²) in [7, 11) is 0. The molecule has 2 atom stereocenters. The van der Waals surface area contributed by atoms with E-state index in [1.165, 1.54) is 0 Å². The van der Waals surface area contributed by atoms with Crippen molar-refractivity contribution in [2.75, 3.05) is 11.9 Å². The van der Waals surface area contributed by atoms with Gasteiger partial charge in [-0.15, -0.1) is 0 Å². The molecule has 0 spiro atoms. The molecule has 1 heterocycles. The molecule has 0 aromatic heterocycles. The van der Waals surface area contributed by atoms with Gasteiger partial charge in [0.25, 0.3) is 0 Å². The lowest BCUT2D eigenvalue weighted by atomic mass is 9.91. The highest BCUT2D eigenvalue weighted by molar-refractivity contribution is 5.94. The maximum atomic E-state index is 12.5. The van der Waals surface area contributed by atoms with E-state index >= 15 is 0 Å². The Hall–Kier alpha value is -1.86. The Balaban J connectivity index is 2.13. The van der Waals surface area contributed by atoms with Crippen LogP contribution in [0.2, 0.25) is 0 Å². The number of rotatable bonds is 4. The smallest absolute Gasteiger partial charge is 0.230 e. The predicted octanol–water partition coefficient (Wildman–Crippen LogP) is 3.26. The fourth-order valence-corrected chi connectivity index (χ4v) is 2.78. The fraction of sp³-hybridized carbons (Fsp3) is 0.529. The molecule has 0 aliphatic carbocycles. The first-order valence-corrected chi connectivity index (χ1v) is 7.65. The Kier molecular flexibility index (Phi) is 5.35. The standard InChI is InChI=1S/C17H22N2O2/c1-3-12-7-8-15(13(10-12)11-18)19-17(20)14-6-5-9-21-16(14)4-2/h7-8,10,14,16H,3-6,9H2,1-2H3,(H,19,20)/t14-,16+/m1/s1. The van der Waals surface area contributed by atoms with Crippen LogP contribution in [0.15, 0.2) is 18.2 Å². The van der Waals surface area contributed by atoms with Crippen LogP contribution in [-0.4, -0.2) is 18.6 Å². The zero-order valence-corrected chi connectivity index (χ0v) is 12.7. The summed E-state index contributed by atoms with van der Waals surface area (Å²) >= 11 is 0. The van der Waals surface area contributed by atoms with E-state index in [1.807, 2.05) is 32.0 Å². The molecule has 2 rings (SSSR count). The van der Waals surface area contributed by atoms with Gasteiger partial charge in [0.1, 0.15) is 6.07 Å². The third-order valence-corrected chi connectivity index (χ3v) is 4.05. The van der Waals surface area contributed by atoms with Crippen molar-refractivity contribution >= 4 is 11.6 Å². The summed E-state index contributed by atoms with van der Waals surface area (Å²) in [5, 5.41) is 12.1. The van der Waals surface area contributed by atoms with Crippen LogP contribution in [0.25, 0.3) is 0 Å². The molecule has 1 aliphatic rings. The van der Waals surface area contributed by atoms with Crippen LogP contribution >= 0.6 is 0 Å². The molecule has 1 fully saturated rings. The quantitative estimate of drug-likeness (QED) is 0.924. The van der Waals surface area contributed by atoms with Gasteiger partial charge in [-0.05, 0) is 43.4 Å². The minimum atomic E-state index is -0.124. The van der Waals surface area contributed by atoms with Crippen LogP contribution in [0.4, 0.5) is 5.69 Å². The van der Waals surface area contributed by atoms with Crippen LogP contribution in [0.3, 0.4) is 0 Å². The van der Waals surface area contributed by atoms with Gasteiger partial charge in [-0.2, -0.15) is 5.26 Å². The summed E-state index contributed by atoms with van der Waals surface area (Å²) in [5.41, 5.74) is 2.21. The Bertz CT molecular complexity index is 548. The lowest BCUT2D eigenvalue weighted by Crippen LogP contribution is -2.37. The molecule has 4 heteroatoms. The van der Waals surface area contributed by atoms with E-state index < -0.39 is 0 Å². The molecule has 1 aliphatic heterocycles. The van der Waals surface area contributed by atoms with Gasteiger partial charge < -0.3 is 10.1 Å². The molecular weight excluding hydrogens is 264 g/mol. The minimum Gasteiger partial charge on any atom is -0.377 e. The van der Waals surface area contributed by atoms with Gasteiger partial charge >= 0.3 is 0 Å². The van der Waals surface area contributed by atoms with Crippen LogP contribution < -0.4 is 5.32 Å². The van der Waals surface area contributed by atoms with E-state index in [0.29, 0.717) is 11.3 Å². The van der Waals surface area contributed by atoms with Crippen molar-refractivity contribution in [3.05, 3.63) is 29.3 Å². The molecule has 112 valence electrons. The molecular formula is C17H22N2O2. The van der Waals surface area contributed by atoms with E-state index in [-0.39, 0.29) is 17.9 Å². The zero-order chi connectivity index (χ0) is 15.2. The molecule has 1 N–H and O–H groups in total. The number of hydrogen-bond acceptors (Lipinski definition) is 3. The summed E-state index contributed by atoms with van der Waals surface area (Å²) < 4.78 is 5.67. The Morgan fingerprint density at radius 2 is 2.29 bits per heavy atom. The number of anilines is 1. The number of carbonyl (C=O) groups is 1. The number of benzene rings is 1. The molecule has 0 saturated carbocycles. The summed E-state index contributed by atoms with van der Waals surface area (Å²) in [6, 6.07) is 7.76. The van der Waals surface area contributed by atoms with Gasteiger partial charge in [0.15, 0.2) is 0 Å². The van der Waals surface area contributed by atoms with Gasteiger partial charge in [0.2, 0.25) is 5.91 Å². The largest absolute Gasteiger partial charge is 0.377 e. The number of amides is 1. The average Bonchev–Trinajstić information content (AvgIpc) is 2.55. The van der Waals surface area contributed by atoms with E-state index in [0.717, 1.165) is 37.9 Å². The molecule has 1 amide bonds. The fourth-order valence-electron chi connectivity index (χ4n) is 2.78. The third kappa shape index (κ3) is 3.62. The van der Waals surface area contributed by atoms with Crippen LogP contribution in [0, 0.1) is 17.2 Å². The second kappa shape index (κ2) is 7.24. The Morgan fingerprint density at radius 3 is 2.95 bits per heavy atom. The highest BCUT2D eigenvalue weighted by atomic mass is 16.5. The Labute approximate surface area is 126 Å². The van der Waals surface area contributed by atoms with Crippen LogP contribution in [0.1, 0.15) is 44.2 Å². The number of ether oxygens (including phenoxy) is 1. The van der Waals surface area contributed by atoms with Gasteiger partial charge in [0.05, 0.1) is 23.3 Å². The van der Waals surface area contributed by atoms with Gasteiger partial charge in [-0.25, -0.2) is 0 Å². The van der Waals surface area contributed by atoms with E-state index in [4.69, 9.17) is 4.74 Å². The second-order valence-corrected chi connectivity index (χ2v) is 5.40. The summed E-state index contributed by atoms with van der Waals surface area (Å²) in [6.07, 6.45) is 3.45. The summed E-state index contributed by atoms with van der Waals surface area (Å²) in [4.78, 5) is 12.5. The van der Waals surface area contributed by atoms with Crippen molar-refractivity contribution in [2.45, 2.75) is 45.6 Å². The predicted molar refractivity (Wildman–Crippen MR) is 81.9 cm³/mol. The van der Waals surface area contributed by atoms with Crippen molar-refractivity contribution in [1.29, 1.82) is 5.26 Å².